The molecule has 0 bridgehead atoms. The van der Waals surface area contributed by atoms with Crippen LogP contribution in [-0.2, 0) is 19.6 Å². The molecule has 1 N–H and O–H groups in total. The summed E-state index contributed by atoms with van der Waals surface area (Å²) in [5, 5.41) is 3.42. The van der Waals surface area contributed by atoms with Crippen molar-refractivity contribution in [3.63, 3.8) is 0 Å². The van der Waals surface area contributed by atoms with Gasteiger partial charge in [0.05, 0.1) is 12.9 Å². The van der Waals surface area contributed by atoms with E-state index in [-0.39, 0.29) is 24.0 Å². The Morgan fingerprint density at radius 1 is 1.04 bits per heavy atom. The van der Waals surface area contributed by atoms with Crippen molar-refractivity contribution in [2.45, 2.75) is 19.6 Å². The molecule has 2 aromatic carbocycles. The quantitative estimate of drug-likeness (QED) is 0.336. The molecule has 0 amide bonds. The zero-order valence-corrected chi connectivity index (χ0v) is 18.1. The van der Waals surface area contributed by atoms with E-state index >= 15 is 0 Å². The van der Waals surface area contributed by atoms with Gasteiger partial charge in [-0.2, -0.15) is 0 Å². The van der Waals surface area contributed by atoms with Gasteiger partial charge in [-0.3, -0.25) is 0 Å². The van der Waals surface area contributed by atoms with E-state index < -0.39 is 0 Å². The fourth-order valence-electron chi connectivity index (χ4n) is 2.72. The minimum Gasteiger partial charge on any atom is -0.352 e. The number of benzene rings is 2. The molecule has 0 fully saturated rings. The first-order chi connectivity index (χ1) is 12.7. The van der Waals surface area contributed by atoms with Crippen LogP contribution in [0.15, 0.2) is 78.3 Å². The summed E-state index contributed by atoms with van der Waals surface area (Å²) in [6, 6.07) is 18.9. The van der Waals surface area contributed by atoms with Gasteiger partial charge in [0.25, 0.3) is 0 Å². The summed E-state index contributed by atoms with van der Waals surface area (Å²) in [6.45, 7) is 2.23. The van der Waals surface area contributed by atoms with Crippen LogP contribution in [0.2, 0.25) is 0 Å². The van der Waals surface area contributed by atoms with Crippen molar-refractivity contribution in [2.75, 3.05) is 14.1 Å². The van der Waals surface area contributed by atoms with Gasteiger partial charge in [0, 0.05) is 39.6 Å². The Hall–Kier alpha value is -2.35. The lowest BCUT2D eigenvalue weighted by molar-refractivity contribution is 0.578. The largest absolute Gasteiger partial charge is 0.352 e. The van der Waals surface area contributed by atoms with E-state index in [1.54, 1.807) is 6.20 Å². The Bertz CT molecular complexity index is 829. The van der Waals surface area contributed by atoms with E-state index in [1.807, 2.05) is 37.6 Å². The van der Waals surface area contributed by atoms with Crippen LogP contribution in [0.4, 0.5) is 0 Å². The van der Waals surface area contributed by atoms with Crippen molar-refractivity contribution >= 4 is 29.9 Å². The highest BCUT2D eigenvalue weighted by atomic mass is 127. The zero-order chi connectivity index (χ0) is 18.2. The maximum Gasteiger partial charge on any atom is 0.194 e. The molecule has 0 radical (unpaired) electrons. The number of aliphatic imine (C=N–C) groups is 1. The molecule has 0 aliphatic heterocycles. The molecule has 27 heavy (non-hydrogen) atoms. The molecule has 3 rings (SSSR count). The number of guanidine groups is 1. The third-order valence-electron chi connectivity index (χ3n) is 4.04. The van der Waals surface area contributed by atoms with Gasteiger partial charge in [0.1, 0.15) is 0 Å². The molecular weight excluding hydrogens is 449 g/mol. The number of aromatic nitrogens is 2. The van der Waals surface area contributed by atoms with Crippen molar-refractivity contribution in [1.29, 1.82) is 0 Å². The second kappa shape index (κ2) is 10.7. The van der Waals surface area contributed by atoms with Crippen LogP contribution in [0, 0.1) is 0 Å². The molecule has 0 unspecified atom stereocenters. The molecule has 5 nitrogen and oxygen atoms in total. The Labute approximate surface area is 178 Å². The number of imidazole rings is 1. The van der Waals surface area contributed by atoms with Gasteiger partial charge >= 0.3 is 0 Å². The third-order valence-corrected chi connectivity index (χ3v) is 4.04. The van der Waals surface area contributed by atoms with Gasteiger partial charge in [-0.05, 0) is 16.7 Å². The number of nitrogens with one attached hydrogen (secondary N) is 1. The first kappa shape index (κ1) is 21.0. The Balaban J connectivity index is 0.00000261. The molecular formula is C21H26IN5. The normalized spacial score (nSPS) is 11.0. The molecule has 0 spiro atoms. The lowest BCUT2D eigenvalue weighted by atomic mass is 10.1. The molecule has 6 heteroatoms. The number of nitrogens with zero attached hydrogens (tertiary/aromatic N) is 4. The van der Waals surface area contributed by atoms with E-state index in [4.69, 9.17) is 4.99 Å². The van der Waals surface area contributed by atoms with Crippen LogP contribution >= 0.6 is 24.0 Å². The van der Waals surface area contributed by atoms with E-state index in [9.17, 15) is 0 Å². The maximum absolute atomic E-state index is 4.76. The molecule has 1 heterocycles. The first-order valence-electron chi connectivity index (χ1n) is 8.74. The molecule has 142 valence electrons. The SMILES string of the molecule is CN(C)C(=NCc1cccc(Cn2ccnc2)c1)NCc1ccccc1.I. The average Bonchev–Trinajstić information content (AvgIpc) is 3.15. The second-order valence-electron chi connectivity index (χ2n) is 6.43. The first-order valence-corrected chi connectivity index (χ1v) is 8.74. The standard InChI is InChI=1S/C21H25N5.HI/c1-25(2)21(23-14-18-7-4-3-5-8-18)24-15-19-9-6-10-20(13-19)16-26-12-11-22-17-26;/h3-13,17H,14-16H2,1-2H3,(H,23,24);1H. The van der Waals surface area contributed by atoms with Crippen molar-refractivity contribution < 1.29 is 0 Å². The lowest BCUT2D eigenvalue weighted by Gasteiger charge is -2.18. The van der Waals surface area contributed by atoms with Crippen LogP contribution in [-0.4, -0.2) is 34.5 Å². The predicted molar refractivity (Wildman–Crippen MR) is 121 cm³/mol. The molecule has 0 aliphatic rings. The highest BCUT2D eigenvalue weighted by Crippen LogP contribution is 2.09. The van der Waals surface area contributed by atoms with E-state index in [1.165, 1.54) is 16.7 Å². The van der Waals surface area contributed by atoms with Crippen molar-refractivity contribution in [1.82, 2.24) is 19.8 Å². The maximum atomic E-state index is 4.76. The summed E-state index contributed by atoms with van der Waals surface area (Å²) in [4.78, 5) is 10.9. The number of hydrogen-bond acceptors (Lipinski definition) is 2. The van der Waals surface area contributed by atoms with Crippen molar-refractivity contribution in [3.8, 4) is 0 Å². The van der Waals surface area contributed by atoms with Gasteiger partial charge < -0.3 is 14.8 Å². The number of rotatable bonds is 6. The monoisotopic (exact) mass is 475 g/mol. The summed E-state index contributed by atoms with van der Waals surface area (Å²) >= 11 is 0. The van der Waals surface area contributed by atoms with Gasteiger partial charge in [-0.1, -0.05) is 54.6 Å². The Morgan fingerprint density at radius 2 is 1.78 bits per heavy atom. The summed E-state index contributed by atoms with van der Waals surface area (Å²) in [7, 11) is 4.01. The van der Waals surface area contributed by atoms with Gasteiger partial charge in [0.15, 0.2) is 5.96 Å². The number of halogens is 1. The smallest absolute Gasteiger partial charge is 0.194 e. The average molecular weight is 475 g/mol. The molecule has 0 saturated carbocycles. The van der Waals surface area contributed by atoms with Gasteiger partial charge in [0.2, 0.25) is 0 Å². The molecule has 3 aromatic rings. The summed E-state index contributed by atoms with van der Waals surface area (Å²) < 4.78 is 2.06. The van der Waals surface area contributed by atoms with E-state index in [2.05, 4.69) is 63.4 Å². The summed E-state index contributed by atoms with van der Waals surface area (Å²) in [6.07, 6.45) is 5.61. The van der Waals surface area contributed by atoms with Crippen LogP contribution in [0.25, 0.3) is 0 Å². The van der Waals surface area contributed by atoms with Crippen LogP contribution < -0.4 is 5.32 Å². The molecule has 0 atom stereocenters. The summed E-state index contributed by atoms with van der Waals surface area (Å²) in [5.41, 5.74) is 3.69. The van der Waals surface area contributed by atoms with Crippen LogP contribution in [0.5, 0.6) is 0 Å². The fraction of sp³-hybridized carbons (Fsp3) is 0.238. The van der Waals surface area contributed by atoms with Crippen molar-refractivity contribution in [2.24, 2.45) is 4.99 Å². The molecule has 0 saturated heterocycles. The topological polar surface area (TPSA) is 45.5 Å². The van der Waals surface area contributed by atoms with E-state index in [0.29, 0.717) is 6.54 Å². The fourth-order valence-corrected chi connectivity index (χ4v) is 2.72. The lowest BCUT2D eigenvalue weighted by Crippen LogP contribution is -2.36. The Morgan fingerprint density at radius 3 is 2.48 bits per heavy atom. The predicted octanol–water partition coefficient (Wildman–Crippen LogP) is 3.76. The van der Waals surface area contributed by atoms with Gasteiger partial charge in [-0.25, -0.2) is 9.98 Å². The molecule has 1 aromatic heterocycles. The number of hydrogen-bond donors (Lipinski definition) is 1. The molecule has 0 aliphatic carbocycles. The van der Waals surface area contributed by atoms with Crippen LogP contribution in [0.1, 0.15) is 16.7 Å². The zero-order valence-electron chi connectivity index (χ0n) is 15.7. The summed E-state index contributed by atoms with van der Waals surface area (Å²) in [5.74, 6) is 0.883. The van der Waals surface area contributed by atoms with Gasteiger partial charge in [-0.15, -0.1) is 24.0 Å². The highest BCUT2D eigenvalue weighted by Gasteiger charge is 2.03. The third kappa shape index (κ3) is 6.71. The minimum absolute atomic E-state index is 0. The van der Waals surface area contributed by atoms with Crippen LogP contribution in [0.3, 0.4) is 0 Å². The Kier molecular flexibility index (Phi) is 8.32. The highest BCUT2D eigenvalue weighted by molar-refractivity contribution is 14.0. The van der Waals surface area contributed by atoms with Crippen molar-refractivity contribution in [3.05, 3.63) is 90.0 Å². The van der Waals surface area contributed by atoms with E-state index in [0.717, 1.165) is 19.0 Å². The second-order valence-corrected chi connectivity index (χ2v) is 6.43. The minimum atomic E-state index is 0.